The summed E-state index contributed by atoms with van der Waals surface area (Å²) in [5.74, 6) is 3.45. The Hall–Kier alpha value is -0.500. The third-order valence-electron chi connectivity index (χ3n) is 2.27. The highest BCUT2D eigenvalue weighted by molar-refractivity contribution is 9.11. The van der Waals surface area contributed by atoms with Gasteiger partial charge in [-0.15, -0.1) is 12.3 Å². The van der Waals surface area contributed by atoms with Crippen LogP contribution in [-0.2, 0) is 6.54 Å². The third kappa shape index (κ3) is 4.71. The highest BCUT2D eigenvalue weighted by atomic mass is 79.9. The van der Waals surface area contributed by atoms with Gasteiger partial charge < -0.3 is 10.1 Å². The fourth-order valence-electron chi connectivity index (χ4n) is 1.46. The van der Waals surface area contributed by atoms with E-state index in [1.807, 2.05) is 0 Å². The predicted molar refractivity (Wildman–Crippen MR) is 78.2 cm³/mol. The lowest BCUT2D eigenvalue weighted by Gasteiger charge is -2.10. The van der Waals surface area contributed by atoms with E-state index >= 15 is 0 Å². The van der Waals surface area contributed by atoms with Crippen molar-refractivity contribution in [3.63, 3.8) is 0 Å². The Morgan fingerprint density at radius 2 is 2.00 bits per heavy atom. The van der Waals surface area contributed by atoms with Crippen molar-refractivity contribution in [2.45, 2.75) is 19.4 Å². The molecule has 1 rings (SSSR count). The molecule has 0 amide bonds. The number of hydrogen-bond donors (Lipinski definition) is 1. The molecule has 1 N–H and O–H groups in total. The summed E-state index contributed by atoms with van der Waals surface area (Å²) >= 11 is 6.97. The van der Waals surface area contributed by atoms with Gasteiger partial charge >= 0.3 is 0 Å². The van der Waals surface area contributed by atoms with E-state index in [4.69, 9.17) is 11.2 Å². The smallest absolute Gasteiger partial charge is 0.147 e. The molecule has 0 aliphatic heterocycles. The van der Waals surface area contributed by atoms with Gasteiger partial charge in [-0.1, -0.05) is 0 Å². The van der Waals surface area contributed by atoms with Gasteiger partial charge in [0.15, 0.2) is 0 Å². The summed E-state index contributed by atoms with van der Waals surface area (Å²) in [5, 5.41) is 3.35. The summed E-state index contributed by atoms with van der Waals surface area (Å²) in [6, 6.07) is 4.11. The van der Waals surface area contributed by atoms with Crippen molar-refractivity contribution < 1.29 is 4.74 Å². The zero-order valence-corrected chi connectivity index (χ0v) is 12.9. The maximum atomic E-state index is 5.25. The van der Waals surface area contributed by atoms with Crippen LogP contribution in [0.25, 0.3) is 0 Å². The zero-order chi connectivity index (χ0) is 12.7. The number of rotatable bonds is 6. The van der Waals surface area contributed by atoms with Crippen LogP contribution in [0, 0.1) is 12.3 Å². The number of hydrogen-bond acceptors (Lipinski definition) is 2. The largest absolute Gasteiger partial charge is 0.494 e. The minimum absolute atomic E-state index is 0.820. The van der Waals surface area contributed by atoms with Crippen LogP contribution in [-0.4, -0.2) is 13.7 Å². The van der Waals surface area contributed by atoms with Gasteiger partial charge in [0, 0.05) is 13.0 Å². The number of halogens is 2. The maximum absolute atomic E-state index is 5.25. The average molecular weight is 361 g/mol. The summed E-state index contributed by atoms with van der Waals surface area (Å²) < 4.78 is 7.16. The van der Waals surface area contributed by atoms with E-state index < -0.39 is 0 Å². The first kappa shape index (κ1) is 14.6. The normalized spacial score (nSPS) is 10.0. The van der Waals surface area contributed by atoms with E-state index in [9.17, 15) is 0 Å². The second-order valence-electron chi connectivity index (χ2n) is 3.58. The van der Waals surface area contributed by atoms with Crippen molar-refractivity contribution in [1.29, 1.82) is 0 Å². The Labute approximate surface area is 119 Å². The number of methoxy groups -OCH3 is 1. The van der Waals surface area contributed by atoms with Crippen LogP contribution in [0.5, 0.6) is 5.75 Å². The van der Waals surface area contributed by atoms with E-state index in [0.717, 1.165) is 40.6 Å². The van der Waals surface area contributed by atoms with Crippen molar-refractivity contribution in [3.05, 3.63) is 26.6 Å². The molecule has 2 nitrogen and oxygen atoms in total. The summed E-state index contributed by atoms with van der Waals surface area (Å²) in [4.78, 5) is 0. The lowest BCUT2D eigenvalue weighted by Crippen LogP contribution is -2.14. The molecule has 0 fully saturated rings. The zero-order valence-electron chi connectivity index (χ0n) is 9.72. The Morgan fingerprint density at radius 3 is 2.53 bits per heavy atom. The lowest BCUT2D eigenvalue weighted by molar-refractivity contribution is 0.409. The molecule has 4 heteroatoms. The number of terminal acetylenes is 1. The van der Waals surface area contributed by atoms with Crippen LogP contribution in [0.2, 0.25) is 0 Å². The van der Waals surface area contributed by atoms with Gasteiger partial charge in [0.25, 0.3) is 0 Å². The molecular formula is C13H15Br2NO. The second-order valence-corrected chi connectivity index (χ2v) is 5.29. The molecule has 0 heterocycles. The van der Waals surface area contributed by atoms with Gasteiger partial charge in [-0.2, -0.15) is 0 Å². The molecule has 17 heavy (non-hydrogen) atoms. The van der Waals surface area contributed by atoms with E-state index in [-0.39, 0.29) is 0 Å². The first-order chi connectivity index (χ1) is 8.19. The van der Waals surface area contributed by atoms with Crippen LogP contribution in [0.15, 0.2) is 21.1 Å². The number of benzene rings is 1. The Morgan fingerprint density at radius 1 is 1.35 bits per heavy atom. The average Bonchev–Trinajstić information content (AvgIpc) is 2.28. The SMILES string of the molecule is C#CCCCNCc1cc(Br)c(OC)c(Br)c1. The standard InChI is InChI=1S/C13H15Br2NO/c1-3-4-5-6-16-9-10-7-11(14)13(17-2)12(15)8-10/h1,7-8,16H,4-6,9H2,2H3. The molecule has 0 aliphatic carbocycles. The summed E-state index contributed by atoms with van der Waals surface area (Å²) in [6.07, 6.45) is 7.02. The molecule has 0 atom stereocenters. The van der Waals surface area contributed by atoms with Crippen molar-refractivity contribution in [1.82, 2.24) is 5.32 Å². The van der Waals surface area contributed by atoms with E-state index in [2.05, 4.69) is 55.2 Å². The monoisotopic (exact) mass is 359 g/mol. The van der Waals surface area contributed by atoms with E-state index in [0.29, 0.717) is 0 Å². The molecule has 92 valence electrons. The first-order valence-electron chi connectivity index (χ1n) is 5.35. The molecule has 0 aromatic heterocycles. The topological polar surface area (TPSA) is 21.3 Å². The van der Waals surface area contributed by atoms with Crippen LogP contribution in [0.3, 0.4) is 0 Å². The molecule has 0 spiro atoms. The molecule has 0 unspecified atom stereocenters. The highest BCUT2D eigenvalue weighted by Crippen LogP contribution is 2.34. The Kier molecular flexibility index (Phi) is 6.64. The molecule has 0 saturated heterocycles. The Balaban J connectivity index is 2.53. The van der Waals surface area contributed by atoms with Gasteiger partial charge in [-0.3, -0.25) is 0 Å². The molecule has 1 aromatic rings. The molecule has 0 saturated carbocycles. The minimum atomic E-state index is 0.820. The predicted octanol–water partition coefficient (Wildman–Crippen LogP) is 3.72. The van der Waals surface area contributed by atoms with Crippen LogP contribution in [0.1, 0.15) is 18.4 Å². The third-order valence-corrected chi connectivity index (χ3v) is 3.44. The van der Waals surface area contributed by atoms with Crippen molar-refractivity contribution in [3.8, 4) is 18.1 Å². The molecular weight excluding hydrogens is 346 g/mol. The fraction of sp³-hybridized carbons (Fsp3) is 0.385. The molecule has 1 aromatic carbocycles. The van der Waals surface area contributed by atoms with Crippen LogP contribution in [0.4, 0.5) is 0 Å². The van der Waals surface area contributed by atoms with Crippen LogP contribution >= 0.6 is 31.9 Å². The molecule has 0 radical (unpaired) electrons. The minimum Gasteiger partial charge on any atom is -0.494 e. The fourth-order valence-corrected chi connectivity index (χ4v) is 3.06. The first-order valence-corrected chi connectivity index (χ1v) is 6.93. The second kappa shape index (κ2) is 7.75. The maximum Gasteiger partial charge on any atom is 0.147 e. The molecule has 0 aliphatic rings. The van der Waals surface area contributed by atoms with Gasteiger partial charge in [-0.25, -0.2) is 0 Å². The molecule has 0 bridgehead atoms. The van der Waals surface area contributed by atoms with Gasteiger partial charge in [0.2, 0.25) is 0 Å². The van der Waals surface area contributed by atoms with E-state index in [1.54, 1.807) is 7.11 Å². The number of unbranched alkanes of at least 4 members (excludes halogenated alkanes) is 1. The van der Waals surface area contributed by atoms with Gasteiger partial charge in [0.05, 0.1) is 16.1 Å². The van der Waals surface area contributed by atoms with Crippen molar-refractivity contribution in [2.75, 3.05) is 13.7 Å². The lowest BCUT2D eigenvalue weighted by atomic mass is 10.2. The quantitative estimate of drug-likeness (QED) is 0.616. The van der Waals surface area contributed by atoms with E-state index in [1.165, 1.54) is 5.56 Å². The highest BCUT2D eigenvalue weighted by Gasteiger charge is 2.07. The number of nitrogens with one attached hydrogen (secondary N) is 1. The summed E-state index contributed by atoms with van der Waals surface area (Å²) in [7, 11) is 1.66. The summed E-state index contributed by atoms with van der Waals surface area (Å²) in [6.45, 7) is 1.76. The summed E-state index contributed by atoms with van der Waals surface area (Å²) in [5.41, 5.74) is 1.20. The van der Waals surface area contributed by atoms with Crippen molar-refractivity contribution in [2.24, 2.45) is 0 Å². The van der Waals surface area contributed by atoms with Gasteiger partial charge in [0.1, 0.15) is 5.75 Å². The van der Waals surface area contributed by atoms with Crippen LogP contribution < -0.4 is 10.1 Å². The Bertz CT molecular complexity index is 389. The van der Waals surface area contributed by atoms with Gasteiger partial charge in [-0.05, 0) is 62.5 Å². The number of ether oxygens (including phenoxy) is 1. The van der Waals surface area contributed by atoms with Crippen molar-refractivity contribution >= 4 is 31.9 Å².